The van der Waals surface area contributed by atoms with E-state index in [9.17, 15) is 4.79 Å². The van der Waals surface area contributed by atoms with Crippen molar-refractivity contribution in [1.82, 2.24) is 4.90 Å². The largest absolute Gasteiger partial charge is 0.392 e. The highest BCUT2D eigenvalue weighted by Gasteiger charge is 2.30. The summed E-state index contributed by atoms with van der Waals surface area (Å²) in [6.07, 6.45) is 3.99. The molecule has 1 amide bonds. The van der Waals surface area contributed by atoms with Crippen LogP contribution in [0.25, 0.3) is 0 Å². The lowest BCUT2D eigenvalue weighted by Gasteiger charge is -2.36. The molecule has 0 bridgehead atoms. The molecule has 2 unspecified atom stereocenters. The third kappa shape index (κ3) is 2.91. The summed E-state index contributed by atoms with van der Waals surface area (Å²) in [5, 5.41) is 0. The maximum absolute atomic E-state index is 12.1. The second-order valence-electron chi connectivity index (χ2n) is 4.25. The van der Waals surface area contributed by atoms with E-state index in [4.69, 9.17) is 18.0 Å². The molecule has 0 aromatic rings. The number of thiocarbonyl (C=S) groups is 1. The van der Waals surface area contributed by atoms with Crippen LogP contribution in [-0.4, -0.2) is 28.4 Å². The number of amides is 1. The Morgan fingerprint density at radius 1 is 1.60 bits per heavy atom. The Hall–Kier alpha value is -0.640. The van der Waals surface area contributed by atoms with Crippen LogP contribution < -0.4 is 5.73 Å². The summed E-state index contributed by atoms with van der Waals surface area (Å²) < 4.78 is 0. The first-order valence-electron chi connectivity index (χ1n) is 5.67. The van der Waals surface area contributed by atoms with Gasteiger partial charge in [0.15, 0.2) is 0 Å². The maximum Gasteiger partial charge on any atom is 0.225 e. The second-order valence-corrected chi connectivity index (χ2v) is 4.73. The van der Waals surface area contributed by atoms with Gasteiger partial charge in [-0.3, -0.25) is 4.79 Å². The number of hydrogen-bond acceptors (Lipinski definition) is 2. The van der Waals surface area contributed by atoms with Crippen LogP contribution in [0, 0.1) is 5.92 Å². The molecule has 86 valence electrons. The monoisotopic (exact) mass is 228 g/mol. The van der Waals surface area contributed by atoms with Gasteiger partial charge >= 0.3 is 0 Å². The zero-order chi connectivity index (χ0) is 11.4. The van der Waals surface area contributed by atoms with Crippen LogP contribution >= 0.6 is 12.2 Å². The van der Waals surface area contributed by atoms with Crippen molar-refractivity contribution >= 4 is 23.1 Å². The van der Waals surface area contributed by atoms with Crippen LogP contribution in [-0.2, 0) is 4.79 Å². The Balaban J connectivity index is 2.71. The lowest BCUT2D eigenvalue weighted by molar-refractivity contribution is -0.137. The number of carbonyl (C=O) groups excluding carboxylic acids is 1. The van der Waals surface area contributed by atoms with Gasteiger partial charge in [-0.15, -0.1) is 0 Å². The van der Waals surface area contributed by atoms with E-state index in [0.29, 0.717) is 4.99 Å². The van der Waals surface area contributed by atoms with E-state index in [1.807, 2.05) is 18.7 Å². The van der Waals surface area contributed by atoms with Crippen LogP contribution in [0.2, 0.25) is 0 Å². The Kier molecular flexibility index (Phi) is 4.51. The molecule has 0 aliphatic carbocycles. The van der Waals surface area contributed by atoms with E-state index < -0.39 is 0 Å². The highest BCUT2D eigenvalue weighted by molar-refractivity contribution is 7.80. The van der Waals surface area contributed by atoms with Gasteiger partial charge in [-0.1, -0.05) is 26.1 Å². The number of nitrogens with two attached hydrogens (primary N) is 1. The first-order chi connectivity index (χ1) is 7.07. The molecule has 2 N–H and O–H groups in total. The van der Waals surface area contributed by atoms with Crippen molar-refractivity contribution < 1.29 is 4.79 Å². The summed E-state index contributed by atoms with van der Waals surface area (Å²) in [5.41, 5.74) is 5.67. The van der Waals surface area contributed by atoms with Crippen molar-refractivity contribution in [3.8, 4) is 0 Å². The fourth-order valence-electron chi connectivity index (χ4n) is 1.95. The molecule has 1 rings (SSSR count). The molecule has 2 atom stereocenters. The SMILES string of the molecule is CCC(C)C(=O)N1CCCCC1C(N)=S. The van der Waals surface area contributed by atoms with E-state index in [2.05, 4.69) is 0 Å². The Labute approximate surface area is 97.0 Å². The topological polar surface area (TPSA) is 46.3 Å². The van der Waals surface area contributed by atoms with Gasteiger partial charge in [0.1, 0.15) is 0 Å². The van der Waals surface area contributed by atoms with E-state index in [-0.39, 0.29) is 17.9 Å². The number of hydrogen-bond donors (Lipinski definition) is 1. The fourth-order valence-corrected chi connectivity index (χ4v) is 2.19. The summed E-state index contributed by atoms with van der Waals surface area (Å²) in [6, 6.07) is -0.00440. The molecule has 1 heterocycles. The van der Waals surface area contributed by atoms with Gasteiger partial charge in [0, 0.05) is 12.5 Å². The van der Waals surface area contributed by atoms with Crippen LogP contribution in [0.15, 0.2) is 0 Å². The van der Waals surface area contributed by atoms with E-state index in [1.165, 1.54) is 0 Å². The van der Waals surface area contributed by atoms with Crippen LogP contribution in [0.3, 0.4) is 0 Å². The molecule has 1 aliphatic rings. The van der Waals surface area contributed by atoms with Gasteiger partial charge in [-0.2, -0.15) is 0 Å². The minimum atomic E-state index is -0.00440. The smallest absolute Gasteiger partial charge is 0.225 e. The number of piperidine rings is 1. The highest BCUT2D eigenvalue weighted by Crippen LogP contribution is 2.20. The predicted molar refractivity (Wildman–Crippen MR) is 65.6 cm³/mol. The molecular weight excluding hydrogens is 208 g/mol. The minimum Gasteiger partial charge on any atom is -0.392 e. The molecule has 15 heavy (non-hydrogen) atoms. The standard InChI is InChI=1S/C11H20N2OS/c1-3-8(2)11(14)13-7-5-4-6-9(13)10(12)15/h8-9H,3-7H2,1-2H3,(H2,12,15). The van der Waals surface area contributed by atoms with Crippen molar-refractivity contribution in [2.75, 3.05) is 6.54 Å². The average molecular weight is 228 g/mol. The first-order valence-corrected chi connectivity index (χ1v) is 6.08. The van der Waals surface area contributed by atoms with Crippen molar-refractivity contribution in [3.05, 3.63) is 0 Å². The van der Waals surface area contributed by atoms with Crippen molar-refractivity contribution in [2.24, 2.45) is 11.7 Å². The zero-order valence-corrected chi connectivity index (χ0v) is 10.3. The summed E-state index contributed by atoms with van der Waals surface area (Å²) in [4.78, 5) is 14.4. The van der Waals surface area contributed by atoms with Gasteiger partial charge in [-0.05, 0) is 25.7 Å². The highest BCUT2D eigenvalue weighted by atomic mass is 32.1. The van der Waals surface area contributed by atoms with Crippen LogP contribution in [0.4, 0.5) is 0 Å². The maximum atomic E-state index is 12.1. The van der Waals surface area contributed by atoms with Gasteiger partial charge in [-0.25, -0.2) is 0 Å². The Morgan fingerprint density at radius 2 is 2.27 bits per heavy atom. The quantitative estimate of drug-likeness (QED) is 0.748. The molecule has 0 aromatic heterocycles. The van der Waals surface area contributed by atoms with Crippen LogP contribution in [0.1, 0.15) is 39.5 Å². The zero-order valence-electron chi connectivity index (χ0n) is 9.53. The van der Waals surface area contributed by atoms with Gasteiger partial charge < -0.3 is 10.6 Å². The molecule has 0 spiro atoms. The van der Waals surface area contributed by atoms with E-state index in [0.717, 1.165) is 32.2 Å². The van der Waals surface area contributed by atoms with Gasteiger partial charge in [0.25, 0.3) is 0 Å². The normalized spacial score (nSPS) is 23.6. The van der Waals surface area contributed by atoms with Crippen molar-refractivity contribution in [1.29, 1.82) is 0 Å². The lowest BCUT2D eigenvalue weighted by atomic mass is 9.98. The molecule has 1 aliphatic heterocycles. The molecule has 0 radical (unpaired) electrons. The molecule has 1 fully saturated rings. The average Bonchev–Trinajstić information content (AvgIpc) is 2.27. The predicted octanol–water partition coefficient (Wildman–Crippen LogP) is 1.70. The number of nitrogens with zero attached hydrogens (tertiary/aromatic N) is 1. The van der Waals surface area contributed by atoms with Crippen LogP contribution in [0.5, 0.6) is 0 Å². The van der Waals surface area contributed by atoms with E-state index >= 15 is 0 Å². The number of carbonyl (C=O) groups is 1. The minimum absolute atomic E-state index is 0.00440. The number of rotatable bonds is 3. The Bertz CT molecular complexity index is 255. The van der Waals surface area contributed by atoms with Crippen molar-refractivity contribution in [2.45, 2.75) is 45.6 Å². The third-order valence-corrected chi connectivity index (χ3v) is 3.42. The summed E-state index contributed by atoms with van der Waals surface area (Å²) in [5.74, 6) is 0.287. The number of likely N-dealkylation sites (tertiary alicyclic amines) is 1. The molecule has 3 nitrogen and oxygen atoms in total. The summed E-state index contributed by atoms with van der Waals surface area (Å²) >= 11 is 5.02. The van der Waals surface area contributed by atoms with Gasteiger partial charge in [0.2, 0.25) is 5.91 Å². The van der Waals surface area contributed by atoms with E-state index in [1.54, 1.807) is 0 Å². The molecule has 4 heteroatoms. The lowest BCUT2D eigenvalue weighted by Crippen LogP contribution is -2.51. The molecular formula is C11H20N2OS. The van der Waals surface area contributed by atoms with Crippen molar-refractivity contribution in [3.63, 3.8) is 0 Å². The molecule has 0 aromatic carbocycles. The van der Waals surface area contributed by atoms with Gasteiger partial charge in [0.05, 0.1) is 11.0 Å². The molecule has 1 saturated heterocycles. The third-order valence-electron chi connectivity index (χ3n) is 3.15. The molecule has 0 saturated carbocycles. The summed E-state index contributed by atoms with van der Waals surface area (Å²) in [6.45, 7) is 4.81. The first kappa shape index (κ1) is 12.4. The second kappa shape index (κ2) is 5.45. The fraction of sp³-hybridized carbons (Fsp3) is 0.818. The summed E-state index contributed by atoms with van der Waals surface area (Å²) in [7, 11) is 0. The Morgan fingerprint density at radius 3 is 2.80 bits per heavy atom.